The molecule has 0 aliphatic heterocycles. The smallest absolute Gasteiger partial charge is 0.145 e. The van der Waals surface area contributed by atoms with E-state index in [2.05, 4.69) is 6.92 Å². The maximum atomic E-state index is 5.47. The van der Waals surface area contributed by atoms with Crippen LogP contribution in [0.2, 0.25) is 0 Å². The van der Waals surface area contributed by atoms with Gasteiger partial charge in [-0.25, -0.2) is 0 Å². The van der Waals surface area contributed by atoms with E-state index in [1.807, 2.05) is 11.8 Å². The first-order valence-corrected chi connectivity index (χ1v) is 6.38. The molecule has 0 aliphatic rings. The summed E-state index contributed by atoms with van der Waals surface area (Å²) < 4.78 is 0. The highest BCUT2D eigenvalue weighted by Gasteiger charge is 1.89. The van der Waals surface area contributed by atoms with Crippen LogP contribution < -0.4 is 0 Å². The Morgan fingerprint density at radius 1 is 1.57 bits per heavy atom. The van der Waals surface area contributed by atoms with E-state index in [4.69, 9.17) is 22.2 Å². The minimum Gasteiger partial charge on any atom is -0.145 e. The van der Waals surface area contributed by atoms with Gasteiger partial charge in [-0.15, -0.1) is 22.2 Å². The van der Waals surface area contributed by atoms with Crippen molar-refractivity contribution in [1.29, 1.82) is 0 Å². The van der Waals surface area contributed by atoms with Crippen molar-refractivity contribution in [2.75, 3.05) is 0 Å². The average molecular weight is 155 g/mol. The van der Waals surface area contributed by atoms with Gasteiger partial charge in [0.1, 0.15) is 0 Å². The molecule has 0 radical (unpaired) electrons. The number of hydrogen-bond donors (Lipinski definition) is 0. The lowest BCUT2D eigenvalue weighted by molar-refractivity contribution is 1.23. The van der Waals surface area contributed by atoms with Crippen LogP contribution in [0.5, 0.6) is 0 Å². The molecule has 0 heterocycles. The molecule has 0 N–H and O–H groups in total. The quantitative estimate of drug-likeness (QED) is 0.423. The van der Waals surface area contributed by atoms with Gasteiger partial charge < -0.3 is 0 Å². The molecule has 0 aromatic heterocycles. The highest BCUT2D eigenvalue weighted by atomic mass is 35.7. The monoisotopic (exact) mass is 154 g/mol. The third-order valence-electron chi connectivity index (χ3n) is 0.517. The van der Waals surface area contributed by atoms with E-state index in [-0.39, 0.29) is 0 Å². The van der Waals surface area contributed by atoms with Crippen LogP contribution in [-0.2, 0) is 0 Å². The maximum absolute atomic E-state index is 5.47. The van der Waals surface area contributed by atoms with Crippen LogP contribution in [-0.4, -0.2) is 7.42 Å². The Morgan fingerprint density at radius 2 is 2.14 bits per heavy atom. The fourth-order valence-corrected chi connectivity index (χ4v) is 1.33. The molecular weight excluding hydrogens is 147 g/mol. The van der Waals surface area contributed by atoms with Gasteiger partial charge in [0.15, 0.2) is 0 Å². The standard InChI is InChI=1S/C4H8Cl2Si/c1-2-3-4-7(5)6/h3-4,7H,2H2,1H3. The van der Waals surface area contributed by atoms with E-state index < -0.39 is 7.42 Å². The van der Waals surface area contributed by atoms with Crippen LogP contribution in [0.25, 0.3) is 0 Å². The highest BCUT2D eigenvalue weighted by Crippen LogP contribution is 1.96. The molecule has 0 amide bonds. The van der Waals surface area contributed by atoms with E-state index in [1.54, 1.807) is 0 Å². The summed E-state index contributed by atoms with van der Waals surface area (Å²) in [6.45, 7) is 2.06. The van der Waals surface area contributed by atoms with Crippen molar-refractivity contribution >= 4 is 29.6 Å². The molecule has 0 atom stereocenters. The first kappa shape index (κ1) is 7.54. The molecule has 0 aromatic rings. The summed E-state index contributed by atoms with van der Waals surface area (Å²) in [6.07, 6.45) is 3.03. The van der Waals surface area contributed by atoms with Crippen molar-refractivity contribution in [2.45, 2.75) is 13.3 Å². The van der Waals surface area contributed by atoms with Crippen LogP contribution in [0.15, 0.2) is 11.8 Å². The molecule has 0 nitrogen and oxygen atoms in total. The molecule has 0 aromatic carbocycles. The van der Waals surface area contributed by atoms with Crippen molar-refractivity contribution in [3.8, 4) is 0 Å². The summed E-state index contributed by atoms with van der Waals surface area (Å²) in [5.74, 6) is 0. The zero-order chi connectivity index (χ0) is 5.70. The minimum atomic E-state index is -1.42. The molecule has 42 valence electrons. The Morgan fingerprint density at radius 3 is 2.29 bits per heavy atom. The predicted molar refractivity (Wildman–Crippen MR) is 38.3 cm³/mol. The normalized spacial score (nSPS) is 11.4. The largest absolute Gasteiger partial charge is 0.259 e. The molecule has 0 aliphatic carbocycles. The second-order valence-corrected chi connectivity index (χ2v) is 5.72. The van der Waals surface area contributed by atoms with Crippen molar-refractivity contribution in [3.63, 3.8) is 0 Å². The highest BCUT2D eigenvalue weighted by molar-refractivity contribution is 7.36. The van der Waals surface area contributed by atoms with Crippen LogP contribution in [0, 0.1) is 0 Å². The summed E-state index contributed by atoms with van der Waals surface area (Å²) in [5, 5.41) is 0. The van der Waals surface area contributed by atoms with E-state index in [9.17, 15) is 0 Å². The summed E-state index contributed by atoms with van der Waals surface area (Å²) in [5.41, 5.74) is 1.89. The van der Waals surface area contributed by atoms with E-state index in [0.29, 0.717) is 0 Å². The van der Waals surface area contributed by atoms with Gasteiger partial charge in [-0.2, -0.15) is 0 Å². The number of allylic oxidation sites excluding steroid dienone is 1. The Labute approximate surface area is 55.1 Å². The van der Waals surface area contributed by atoms with Crippen LogP contribution in [0.3, 0.4) is 0 Å². The fraction of sp³-hybridized carbons (Fsp3) is 0.500. The van der Waals surface area contributed by atoms with Crippen molar-refractivity contribution in [2.24, 2.45) is 0 Å². The first-order chi connectivity index (χ1) is 3.27. The molecular formula is C4H8Cl2Si. The molecule has 0 spiro atoms. The van der Waals surface area contributed by atoms with Crippen LogP contribution in [0.1, 0.15) is 13.3 Å². The Kier molecular flexibility index (Phi) is 5.05. The fourth-order valence-electron chi connectivity index (χ4n) is 0.239. The first-order valence-electron chi connectivity index (χ1n) is 2.22. The topological polar surface area (TPSA) is 0 Å². The van der Waals surface area contributed by atoms with E-state index in [1.165, 1.54) is 0 Å². The number of hydrogen-bond acceptors (Lipinski definition) is 0. The lowest BCUT2D eigenvalue weighted by Gasteiger charge is -1.80. The third-order valence-corrected chi connectivity index (χ3v) is 1.95. The lowest BCUT2D eigenvalue weighted by atomic mass is 10.5. The van der Waals surface area contributed by atoms with Gasteiger partial charge in [0.05, 0.1) is 0 Å². The molecule has 0 rings (SSSR count). The molecule has 0 saturated heterocycles. The molecule has 0 bridgehead atoms. The molecule has 0 unspecified atom stereocenters. The molecule has 0 fully saturated rings. The number of rotatable bonds is 2. The van der Waals surface area contributed by atoms with Crippen LogP contribution in [0.4, 0.5) is 0 Å². The van der Waals surface area contributed by atoms with E-state index in [0.717, 1.165) is 6.42 Å². The molecule has 7 heavy (non-hydrogen) atoms. The van der Waals surface area contributed by atoms with Gasteiger partial charge in [-0.05, 0) is 6.42 Å². The average Bonchev–Trinajstić information content (AvgIpc) is 1.61. The maximum Gasteiger partial charge on any atom is 0.259 e. The zero-order valence-corrected chi connectivity index (χ0v) is 6.86. The summed E-state index contributed by atoms with van der Waals surface area (Å²) in [6, 6.07) is 0. The van der Waals surface area contributed by atoms with Crippen molar-refractivity contribution in [1.82, 2.24) is 0 Å². The van der Waals surface area contributed by atoms with E-state index >= 15 is 0 Å². The predicted octanol–water partition coefficient (Wildman–Crippen LogP) is 2.19. The Bertz CT molecular complexity index is 60.7. The second kappa shape index (κ2) is 4.69. The molecule has 0 saturated carbocycles. The van der Waals surface area contributed by atoms with Crippen molar-refractivity contribution < 1.29 is 0 Å². The zero-order valence-electron chi connectivity index (χ0n) is 4.20. The van der Waals surface area contributed by atoms with Crippen LogP contribution >= 0.6 is 22.2 Å². The Hall–Kier alpha value is 0.537. The van der Waals surface area contributed by atoms with Crippen molar-refractivity contribution in [3.05, 3.63) is 11.8 Å². The summed E-state index contributed by atoms with van der Waals surface area (Å²) in [7, 11) is -1.42. The second-order valence-electron chi connectivity index (χ2n) is 1.17. The van der Waals surface area contributed by atoms with Gasteiger partial charge in [0.2, 0.25) is 0 Å². The lowest BCUT2D eigenvalue weighted by Crippen LogP contribution is -1.81. The summed E-state index contributed by atoms with van der Waals surface area (Å²) >= 11 is 10.9. The van der Waals surface area contributed by atoms with Gasteiger partial charge >= 0.3 is 0 Å². The summed E-state index contributed by atoms with van der Waals surface area (Å²) in [4.78, 5) is 0. The van der Waals surface area contributed by atoms with Gasteiger partial charge in [0, 0.05) is 0 Å². The SMILES string of the molecule is CCC=C[SiH](Cl)Cl. The number of halogens is 2. The van der Waals surface area contributed by atoms with Gasteiger partial charge in [-0.1, -0.05) is 18.7 Å². The van der Waals surface area contributed by atoms with Gasteiger partial charge in [-0.3, -0.25) is 0 Å². The molecule has 3 heteroatoms. The minimum absolute atomic E-state index is 1.03. The van der Waals surface area contributed by atoms with Gasteiger partial charge in [0.25, 0.3) is 7.42 Å². The Balaban J connectivity index is 3.08. The third kappa shape index (κ3) is 6.54.